The van der Waals surface area contributed by atoms with Gasteiger partial charge < -0.3 is 10.2 Å². The molecule has 8 nitrogen and oxygen atoms in total. The Morgan fingerprint density at radius 3 is 2.72 bits per heavy atom. The predicted octanol–water partition coefficient (Wildman–Crippen LogP) is 3.27. The minimum Gasteiger partial charge on any atom is -0.370 e. The third-order valence-electron chi connectivity index (χ3n) is 5.11. The number of carbonyl (C=O) groups is 1. The van der Waals surface area contributed by atoms with Crippen LogP contribution in [0.15, 0.2) is 55.2 Å². The molecule has 2 N–H and O–H groups in total. The van der Waals surface area contributed by atoms with Crippen molar-refractivity contribution in [1.29, 1.82) is 0 Å². The monoisotopic (exact) mass is 385 g/mol. The summed E-state index contributed by atoms with van der Waals surface area (Å²) in [6.45, 7) is 2.14. The van der Waals surface area contributed by atoms with E-state index in [1.807, 2.05) is 30.6 Å². The zero-order valence-electron chi connectivity index (χ0n) is 15.7. The molecule has 0 saturated carbocycles. The van der Waals surface area contributed by atoms with E-state index in [4.69, 9.17) is 0 Å². The number of aromatic nitrogens is 5. The number of carbonyl (C=O) groups excluding carboxylic acids is 1. The molecule has 0 spiro atoms. The van der Waals surface area contributed by atoms with Gasteiger partial charge in [0.1, 0.15) is 0 Å². The van der Waals surface area contributed by atoms with Crippen LogP contribution in [0.5, 0.6) is 0 Å². The lowest BCUT2D eigenvalue weighted by Crippen LogP contribution is -2.17. The number of nitrogens with one attached hydrogen (secondary N) is 2. The smallest absolute Gasteiger partial charge is 0.277 e. The van der Waals surface area contributed by atoms with Crippen LogP contribution in [0.4, 0.5) is 11.5 Å². The number of amides is 1. The second-order valence-electron chi connectivity index (χ2n) is 7.00. The molecule has 5 rings (SSSR count). The molecule has 29 heavy (non-hydrogen) atoms. The number of aromatic amines is 1. The molecule has 0 atom stereocenters. The average molecular weight is 385 g/mol. The van der Waals surface area contributed by atoms with Gasteiger partial charge in [-0.05, 0) is 36.6 Å². The van der Waals surface area contributed by atoms with E-state index < -0.39 is 0 Å². The summed E-state index contributed by atoms with van der Waals surface area (Å²) in [6, 6.07) is 8.06. The summed E-state index contributed by atoms with van der Waals surface area (Å²) in [5, 5.41) is 10.6. The number of H-pyrrole nitrogens is 1. The zero-order valence-corrected chi connectivity index (χ0v) is 15.7. The number of rotatable bonds is 4. The maximum Gasteiger partial charge on any atom is 0.277 e. The van der Waals surface area contributed by atoms with Gasteiger partial charge in [-0.3, -0.25) is 19.9 Å². The topological polar surface area (TPSA) is 99.7 Å². The highest BCUT2D eigenvalue weighted by Gasteiger charge is 2.17. The molecule has 1 aliphatic heterocycles. The Morgan fingerprint density at radius 1 is 1.00 bits per heavy atom. The van der Waals surface area contributed by atoms with E-state index in [1.165, 1.54) is 25.2 Å². The van der Waals surface area contributed by atoms with E-state index in [9.17, 15) is 4.79 Å². The molecule has 0 aliphatic carbocycles. The first-order valence-electron chi connectivity index (χ1n) is 9.54. The van der Waals surface area contributed by atoms with Crippen molar-refractivity contribution < 1.29 is 4.79 Å². The van der Waals surface area contributed by atoms with Gasteiger partial charge in [-0.1, -0.05) is 6.07 Å². The van der Waals surface area contributed by atoms with Crippen molar-refractivity contribution in [2.45, 2.75) is 12.8 Å². The first-order valence-corrected chi connectivity index (χ1v) is 9.54. The summed E-state index contributed by atoms with van der Waals surface area (Å²) in [7, 11) is 0. The minimum atomic E-state index is -0.335. The zero-order chi connectivity index (χ0) is 19.6. The van der Waals surface area contributed by atoms with E-state index in [0.29, 0.717) is 11.5 Å². The van der Waals surface area contributed by atoms with E-state index in [2.05, 4.69) is 41.4 Å². The van der Waals surface area contributed by atoms with Gasteiger partial charge in [0.05, 0.1) is 23.6 Å². The van der Waals surface area contributed by atoms with Gasteiger partial charge in [-0.15, -0.1) is 0 Å². The van der Waals surface area contributed by atoms with Crippen LogP contribution >= 0.6 is 0 Å². The lowest BCUT2D eigenvalue weighted by Gasteiger charge is -2.17. The Kier molecular flexibility index (Phi) is 4.36. The Labute approximate surface area is 167 Å². The van der Waals surface area contributed by atoms with Crippen LogP contribution in [0.1, 0.15) is 23.3 Å². The minimum absolute atomic E-state index is 0.316. The molecule has 1 aromatic carbocycles. The van der Waals surface area contributed by atoms with Gasteiger partial charge in [0.25, 0.3) is 5.91 Å². The highest BCUT2D eigenvalue weighted by molar-refractivity contribution is 6.11. The first kappa shape index (κ1) is 17.3. The van der Waals surface area contributed by atoms with Crippen molar-refractivity contribution in [1.82, 2.24) is 25.1 Å². The fourth-order valence-corrected chi connectivity index (χ4v) is 3.64. The number of nitrogens with zero attached hydrogens (tertiary/aromatic N) is 5. The Bertz CT molecular complexity index is 1170. The van der Waals surface area contributed by atoms with Crippen LogP contribution < -0.4 is 10.2 Å². The summed E-state index contributed by atoms with van der Waals surface area (Å²) >= 11 is 0. The van der Waals surface area contributed by atoms with Gasteiger partial charge in [0, 0.05) is 42.6 Å². The number of hydrogen-bond acceptors (Lipinski definition) is 6. The molecule has 1 saturated heterocycles. The summed E-state index contributed by atoms with van der Waals surface area (Å²) in [4.78, 5) is 27.5. The maximum atomic E-state index is 12.7. The standard InChI is InChI=1S/C21H19N7O/c29-21(25-19-13-22-5-6-24-19)20-17-10-14(3-4-18(17)26-27-20)15-9-16(12-23-11-15)28-7-1-2-8-28/h3-6,9-13H,1-2,7-8H2,(H,26,27)(H,24,25,29). The second-order valence-corrected chi connectivity index (χ2v) is 7.00. The van der Waals surface area contributed by atoms with Crippen LogP contribution in [0.25, 0.3) is 22.0 Å². The van der Waals surface area contributed by atoms with Gasteiger partial charge in [-0.2, -0.15) is 5.10 Å². The summed E-state index contributed by atoms with van der Waals surface area (Å²) in [5.74, 6) is 0.0464. The van der Waals surface area contributed by atoms with Gasteiger partial charge in [-0.25, -0.2) is 4.98 Å². The van der Waals surface area contributed by atoms with E-state index in [0.717, 1.165) is 40.8 Å². The van der Waals surface area contributed by atoms with Crippen molar-refractivity contribution in [3.05, 3.63) is 60.9 Å². The summed E-state index contributed by atoms with van der Waals surface area (Å²) < 4.78 is 0. The van der Waals surface area contributed by atoms with Crippen molar-refractivity contribution in [2.24, 2.45) is 0 Å². The maximum absolute atomic E-state index is 12.7. The Hall–Kier alpha value is -3.81. The number of hydrogen-bond donors (Lipinski definition) is 2. The molecule has 1 fully saturated rings. The molecular weight excluding hydrogens is 366 g/mol. The summed E-state index contributed by atoms with van der Waals surface area (Å²) in [5.41, 5.74) is 4.24. The molecule has 0 radical (unpaired) electrons. The van der Waals surface area contributed by atoms with Gasteiger partial charge in [0.2, 0.25) is 0 Å². The highest BCUT2D eigenvalue weighted by atomic mass is 16.2. The van der Waals surface area contributed by atoms with Crippen LogP contribution in [-0.4, -0.2) is 44.1 Å². The van der Waals surface area contributed by atoms with E-state index >= 15 is 0 Å². The molecule has 0 unspecified atom stereocenters. The molecule has 3 aromatic heterocycles. The van der Waals surface area contributed by atoms with Gasteiger partial charge >= 0.3 is 0 Å². The van der Waals surface area contributed by atoms with Crippen LogP contribution in [0.3, 0.4) is 0 Å². The third kappa shape index (κ3) is 3.40. The molecule has 4 heterocycles. The number of benzene rings is 1. The number of fused-ring (bicyclic) bond motifs is 1. The van der Waals surface area contributed by atoms with Gasteiger partial charge in [0.15, 0.2) is 11.5 Å². The highest BCUT2D eigenvalue weighted by Crippen LogP contribution is 2.29. The molecule has 1 aliphatic rings. The quantitative estimate of drug-likeness (QED) is 0.559. The van der Waals surface area contributed by atoms with Crippen LogP contribution in [0, 0.1) is 0 Å². The lowest BCUT2D eigenvalue weighted by atomic mass is 10.0. The van der Waals surface area contributed by atoms with Crippen LogP contribution in [0.2, 0.25) is 0 Å². The Balaban J connectivity index is 1.48. The Morgan fingerprint density at radius 2 is 1.90 bits per heavy atom. The normalized spacial score (nSPS) is 13.7. The van der Waals surface area contributed by atoms with E-state index in [-0.39, 0.29) is 5.91 Å². The number of pyridine rings is 1. The lowest BCUT2D eigenvalue weighted by molar-refractivity contribution is 0.102. The molecule has 1 amide bonds. The van der Waals surface area contributed by atoms with Crippen molar-refractivity contribution in [2.75, 3.05) is 23.3 Å². The van der Waals surface area contributed by atoms with Crippen molar-refractivity contribution in [3.8, 4) is 11.1 Å². The van der Waals surface area contributed by atoms with Crippen molar-refractivity contribution >= 4 is 28.3 Å². The fourth-order valence-electron chi connectivity index (χ4n) is 3.64. The summed E-state index contributed by atoms with van der Waals surface area (Å²) in [6.07, 6.45) is 10.8. The molecule has 0 bridgehead atoms. The van der Waals surface area contributed by atoms with Crippen LogP contribution in [-0.2, 0) is 0 Å². The molecule has 4 aromatic rings. The molecular formula is C21H19N7O. The average Bonchev–Trinajstić information content (AvgIpc) is 3.44. The predicted molar refractivity (Wildman–Crippen MR) is 111 cm³/mol. The molecule has 144 valence electrons. The number of anilines is 2. The SMILES string of the molecule is O=C(Nc1cnccn1)c1n[nH]c2ccc(-c3cncc(N4CCCC4)c3)cc12. The van der Waals surface area contributed by atoms with Crippen molar-refractivity contribution in [3.63, 3.8) is 0 Å². The second kappa shape index (κ2) is 7.31. The first-order chi connectivity index (χ1) is 14.3. The fraction of sp³-hybridized carbons (Fsp3) is 0.190. The largest absolute Gasteiger partial charge is 0.370 e. The third-order valence-corrected chi connectivity index (χ3v) is 5.11. The molecule has 8 heteroatoms. The van der Waals surface area contributed by atoms with E-state index in [1.54, 1.807) is 6.20 Å².